The molecule has 0 heterocycles. The maximum Gasteiger partial charge on any atom is 0.232 e. The SMILES string of the molecule is CCc1ccc(CN(C)C(=O)CSc2ccc(OC)cc2)cc1. The van der Waals surface area contributed by atoms with Gasteiger partial charge in [0.05, 0.1) is 12.9 Å². The summed E-state index contributed by atoms with van der Waals surface area (Å²) in [7, 11) is 3.50. The van der Waals surface area contributed by atoms with Crippen molar-refractivity contribution in [2.75, 3.05) is 19.9 Å². The summed E-state index contributed by atoms with van der Waals surface area (Å²) in [5, 5.41) is 0. The molecular formula is C19H23NO2S. The van der Waals surface area contributed by atoms with E-state index in [-0.39, 0.29) is 5.91 Å². The second kappa shape index (κ2) is 8.63. The van der Waals surface area contributed by atoms with Gasteiger partial charge in [0.15, 0.2) is 0 Å². The molecule has 3 nitrogen and oxygen atoms in total. The predicted octanol–water partition coefficient (Wildman–Crippen LogP) is 4.01. The van der Waals surface area contributed by atoms with E-state index in [4.69, 9.17) is 4.74 Å². The Morgan fingerprint density at radius 3 is 2.22 bits per heavy atom. The highest BCUT2D eigenvalue weighted by molar-refractivity contribution is 8.00. The van der Waals surface area contributed by atoms with Crippen LogP contribution in [0.4, 0.5) is 0 Å². The number of nitrogens with zero attached hydrogens (tertiary/aromatic N) is 1. The zero-order valence-electron chi connectivity index (χ0n) is 13.9. The fourth-order valence-corrected chi connectivity index (χ4v) is 3.01. The van der Waals surface area contributed by atoms with Crippen LogP contribution >= 0.6 is 11.8 Å². The Labute approximate surface area is 142 Å². The van der Waals surface area contributed by atoms with E-state index in [2.05, 4.69) is 31.2 Å². The summed E-state index contributed by atoms with van der Waals surface area (Å²) in [5.41, 5.74) is 2.48. The van der Waals surface area contributed by atoms with Crippen LogP contribution in [0.1, 0.15) is 18.1 Å². The van der Waals surface area contributed by atoms with E-state index in [9.17, 15) is 4.79 Å². The molecule has 0 aliphatic heterocycles. The van der Waals surface area contributed by atoms with Gasteiger partial charge in [-0.3, -0.25) is 4.79 Å². The van der Waals surface area contributed by atoms with E-state index < -0.39 is 0 Å². The number of benzene rings is 2. The summed E-state index contributed by atoms with van der Waals surface area (Å²) in [5.74, 6) is 1.40. The van der Waals surface area contributed by atoms with Crippen LogP contribution in [-0.2, 0) is 17.8 Å². The zero-order valence-corrected chi connectivity index (χ0v) is 14.7. The molecular weight excluding hydrogens is 306 g/mol. The number of aryl methyl sites for hydroxylation is 1. The van der Waals surface area contributed by atoms with Crippen molar-refractivity contribution in [3.63, 3.8) is 0 Å². The molecule has 0 saturated heterocycles. The fourth-order valence-electron chi connectivity index (χ4n) is 2.17. The van der Waals surface area contributed by atoms with Crippen LogP contribution in [0.25, 0.3) is 0 Å². The minimum atomic E-state index is 0.130. The summed E-state index contributed by atoms with van der Waals surface area (Å²) < 4.78 is 5.13. The lowest BCUT2D eigenvalue weighted by molar-refractivity contribution is -0.127. The molecule has 0 bridgehead atoms. The van der Waals surface area contributed by atoms with Crippen molar-refractivity contribution in [2.24, 2.45) is 0 Å². The lowest BCUT2D eigenvalue weighted by Gasteiger charge is -2.17. The molecule has 0 atom stereocenters. The van der Waals surface area contributed by atoms with Crippen LogP contribution in [-0.4, -0.2) is 30.7 Å². The van der Waals surface area contributed by atoms with Crippen LogP contribution in [0.15, 0.2) is 53.4 Å². The highest BCUT2D eigenvalue weighted by atomic mass is 32.2. The second-order valence-corrected chi connectivity index (χ2v) is 6.43. The van der Waals surface area contributed by atoms with E-state index in [0.717, 1.165) is 22.6 Å². The summed E-state index contributed by atoms with van der Waals surface area (Å²) >= 11 is 1.55. The largest absolute Gasteiger partial charge is 0.497 e. The average molecular weight is 329 g/mol. The first kappa shape index (κ1) is 17.4. The average Bonchev–Trinajstić information content (AvgIpc) is 2.60. The molecule has 0 aliphatic carbocycles. The molecule has 122 valence electrons. The summed E-state index contributed by atoms with van der Waals surface area (Å²) in [6.45, 7) is 2.78. The molecule has 2 aromatic rings. The van der Waals surface area contributed by atoms with Gasteiger partial charge in [-0.1, -0.05) is 31.2 Å². The Balaban J connectivity index is 1.83. The number of carbonyl (C=O) groups excluding carboxylic acids is 1. The Morgan fingerprint density at radius 2 is 1.65 bits per heavy atom. The van der Waals surface area contributed by atoms with Crippen LogP contribution in [0.5, 0.6) is 5.75 Å². The molecule has 1 amide bonds. The van der Waals surface area contributed by atoms with Gasteiger partial charge in [0, 0.05) is 18.5 Å². The van der Waals surface area contributed by atoms with Gasteiger partial charge in [0.1, 0.15) is 5.75 Å². The van der Waals surface area contributed by atoms with Crippen molar-refractivity contribution >= 4 is 17.7 Å². The van der Waals surface area contributed by atoms with Gasteiger partial charge >= 0.3 is 0 Å². The monoisotopic (exact) mass is 329 g/mol. The Hall–Kier alpha value is -1.94. The lowest BCUT2D eigenvalue weighted by Crippen LogP contribution is -2.27. The molecule has 2 aromatic carbocycles. The van der Waals surface area contributed by atoms with E-state index in [0.29, 0.717) is 12.3 Å². The minimum Gasteiger partial charge on any atom is -0.497 e. The van der Waals surface area contributed by atoms with Crippen molar-refractivity contribution in [2.45, 2.75) is 24.8 Å². The Morgan fingerprint density at radius 1 is 1.04 bits per heavy atom. The number of hydrogen-bond acceptors (Lipinski definition) is 3. The minimum absolute atomic E-state index is 0.130. The number of ether oxygens (including phenoxy) is 1. The van der Waals surface area contributed by atoms with Crippen molar-refractivity contribution in [1.29, 1.82) is 0 Å². The summed E-state index contributed by atoms with van der Waals surface area (Å²) in [6, 6.07) is 16.2. The molecule has 0 aliphatic rings. The zero-order chi connectivity index (χ0) is 16.7. The molecule has 0 fully saturated rings. The molecule has 0 N–H and O–H groups in total. The smallest absolute Gasteiger partial charge is 0.232 e. The number of rotatable bonds is 7. The molecule has 2 rings (SSSR count). The first-order valence-corrected chi connectivity index (χ1v) is 8.69. The van der Waals surface area contributed by atoms with E-state index >= 15 is 0 Å². The number of carbonyl (C=O) groups is 1. The standard InChI is InChI=1S/C19H23NO2S/c1-4-15-5-7-16(8-6-15)13-20(2)19(21)14-23-18-11-9-17(22-3)10-12-18/h5-12H,4,13-14H2,1-3H3. The van der Waals surface area contributed by atoms with Crippen LogP contribution in [0.3, 0.4) is 0 Å². The van der Waals surface area contributed by atoms with Crippen molar-refractivity contribution in [1.82, 2.24) is 4.90 Å². The van der Waals surface area contributed by atoms with Crippen molar-refractivity contribution in [3.05, 3.63) is 59.7 Å². The van der Waals surface area contributed by atoms with Gasteiger partial charge in [-0.25, -0.2) is 0 Å². The highest BCUT2D eigenvalue weighted by Gasteiger charge is 2.10. The van der Waals surface area contributed by atoms with Crippen LogP contribution in [0, 0.1) is 0 Å². The molecule has 0 unspecified atom stereocenters. The van der Waals surface area contributed by atoms with Gasteiger partial charge in [-0.2, -0.15) is 0 Å². The fraction of sp³-hybridized carbons (Fsp3) is 0.316. The normalized spacial score (nSPS) is 10.4. The van der Waals surface area contributed by atoms with Gasteiger partial charge in [0.2, 0.25) is 5.91 Å². The molecule has 0 spiro atoms. The predicted molar refractivity (Wildman–Crippen MR) is 96.0 cm³/mol. The maximum atomic E-state index is 12.2. The quantitative estimate of drug-likeness (QED) is 0.719. The second-order valence-electron chi connectivity index (χ2n) is 5.38. The first-order chi connectivity index (χ1) is 11.1. The molecule has 4 heteroatoms. The number of thioether (sulfide) groups is 1. The lowest BCUT2D eigenvalue weighted by atomic mass is 10.1. The van der Waals surface area contributed by atoms with Crippen molar-refractivity contribution < 1.29 is 9.53 Å². The maximum absolute atomic E-state index is 12.2. The van der Waals surface area contributed by atoms with Crippen LogP contribution in [0.2, 0.25) is 0 Å². The Kier molecular flexibility index (Phi) is 6.53. The molecule has 23 heavy (non-hydrogen) atoms. The first-order valence-electron chi connectivity index (χ1n) is 7.71. The third-order valence-corrected chi connectivity index (χ3v) is 4.70. The highest BCUT2D eigenvalue weighted by Crippen LogP contribution is 2.21. The summed E-state index contributed by atoms with van der Waals surface area (Å²) in [6.07, 6.45) is 1.04. The third kappa shape index (κ3) is 5.32. The number of methoxy groups -OCH3 is 1. The molecule has 0 saturated carbocycles. The summed E-state index contributed by atoms with van der Waals surface area (Å²) in [4.78, 5) is 15.1. The van der Waals surface area contributed by atoms with Crippen LogP contribution < -0.4 is 4.74 Å². The van der Waals surface area contributed by atoms with E-state index in [1.807, 2.05) is 31.3 Å². The Bertz CT molecular complexity index is 623. The van der Waals surface area contributed by atoms with Gasteiger partial charge in [0.25, 0.3) is 0 Å². The van der Waals surface area contributed by atoms with Gasteiger partial charge in [-0.15, -0.1) is 11.8 Å². The van der Waals surface area contributed by atoms with E-state index in [1.54, 1.807) is 23.8 Å². The number of hydrogen-bond donors (Lipinski definition) is 0. The van der Waals surface area contributed by atoms with E-state index in [1.165, 1.54) is 5.56 Å². The number of amides is 1. The third-order valence-electron chi connectivity index (χ3n) is 3.70. The van der Waals surface area contributed by atoms with Crippen molar-refractivity contribution in [3.8, 4) is 5.75 Å². The van der Waals surface area contributed by atoms with Gasteiger partial charge < -0.3 is 9.64 Å². The topological polar surface area (TPSA) is 29.5 Å². The molecule has 0 radical (unpaired) electrons. The molecule has 0 aromatic heterocycles. The van der Waals surface area contributed by atoms with Gasteiger partial charge in [-0.05, 0) is 41.8 Å².